The van der Waals surface area contributed by atoms with E-state index in [9.17, 15) is 4.79 Å². The molecule has 0 aliphatic carbocycles. The van der Waals surface area contributed by atoms with Gasteiger partial charge in [0.25, 0.3) is 0 Å². The van der Waals surface area contributed by atoms with E-state index >= 15 is 0 Å². The number of aldehydes is 1. The van der Waals surface area contributed by atoms with Crippen molar-refractivity contribution in [2.45, 2.75) is 0 Å². The number of hydrogen-bond donors (Lipinski definition) is 0. The van der Waals surface area contributed by atoms with Crippen LogP contribution in [0.25, 0.3) is 16.7 Å². The molecule has 0 unspecified atom stereocenters. The van der Waals surface area contributed by atoms with Crippen LogP contribution < -0.4 is 0 Å². The number of aromatic nitrogens is 3. The first kappa shape index (κ1) is 11.1. The van der Waals surface area contributed by atoms with Gasteiger partial charge < -0.3 is 0 Å². The van der Waals surface area contributed by atoms with Crippen molar-refractivity contribution in [1.29, 1.82) is 5.26 Å². The van der Waals surface area contributed by atoms with Crippen LogP contribution in [0.4, 0.5) is 0 Å². The second-order valence-corrected chi connectivity index (χ2v) is 4.00. The zero-order chi connectivity index (χ0) is 13.2. The molecule has 0 saturated carbocycles. The van der Waals surface area contributed by atoms with Gasteiger partial charge in [-0.3, -0.25) is 9.36 Å². The quantitative estimate of drug-likeness (QED) is 0.651. The Balaban J connectivity index is 2.14. The van der Waals surface area contributed by atoms with E-state index < -0.39 is 0 Å². The summed E-state index contributed by atoms with van der Waals surface area (Å²) in [6.45, 7) is 0. The molecule has 0 aromatic carbocycles. The molecule has 5 nitrogen and oxygen atoms in total. The van der Waals surface area contributed by atoms with E-state index in [0.29, 0.717) is 11.3 Å². The van der Waals surface area contributed by atoms with Crippen LogP contribution in [0, 0.1) is 11.3 Å². The van der Waals surface area contributed by atoms with E-state index in [-0.39, 0.29) is 0 Å². The van der Waals surface area contributed by atoms with Crippen LogP contribution in [0.2, 0.25) is 0 Å². The fourth-order valence-electron chi connectivity index (χ4n) is 1.91. The molecule has 0 fully saturated rings. The maximum atomic E-state index is 10.7. The summed E-state index contributed by atoms with van der Waals surface area (Å²) in [6, 6.07) is 9.10. The Labute approximate surface area is 108 Å². The van der Waals surface area contributed by atoms with Gasteiger partial charge in [-0.2, -0.15) is 5.26 Å². The summed E-state index contributed by atoms with van der Waals surface area (Å²) in [5.74, 6) is 0. The van der Waals surface area contributed by atoms with Crippen molar-refractivity contribution >= 4 is 17.3 Å². The molecule has 3 heterocycles. The summed E-state index contributed by atoms with van der Waals surface area (Å²) in [7, 11) is 0. The predicted octanol–water partition coefficient (Wildman–Crippen LogP) is 2.10. The summed E-state index contributed by atoms with van der Waals surface area (Å²) in [4.78, 5) is 19.0. The topological polar surface area (TPSA) is 71.6 Å². The van der Waals surface area contributed by atoms with Crippen LogP contribution in [-0.4, -0.2) is 20.8 Å². The van der Waals surface area contributed by atoms with E-state index in [1.54, 1.807) is 24.4 Å². The van der Waals surface area contributed by atoms with Crippen LogP contribution in [0.3, 0.4) is 0 Å². The second-order valence-electron chi connectivity index (χ2n) is 4.00. The molecule has 0 N–H and O–H groups in total. The van der Waals surface area contributed by atoms with Gasteiger partial charge in [0.15, 0.2) is 6.29 Å². The van der Waals surface area contributed by atoms with Gasteiger partial charge in [-0.05, 0) is 24.3 Å². The molecule has 0 amide bonds. The minimum Gasteiger partial charge on any atom is -0.300 e. The van der Waals surface area contributed by atoms with E-state index in [2.05, 4.69) is 9.97 Å². The SMILES string of the molecule is N#Cc1ccc(-n2ccc3cc(C=O)cnc32)cn1. The molecule has 5 heteroatoms. The van der Waals surface area contributed by atoms with Crippen LogP contribution in [0.1, 0.15) is 16.1 Å². The largest absolute Gasteiger partial charge is 0.300 e. The van der Waals surface area contributed by atoms with Crippen molar-refractivity contribution in [2.24, 2.45) is 0 Å². The molecule has 0 atom stereocenters. The van der Waals surface area contributed by atoms with Gasteiger partial charge in [-0.25, -0.2) is 9.97 Å². The Kier molecular flexibility index (Phi) is 2.54. The molecule has 0 aliphatic rings. The van der Waals surface area contributed by atoms with Crippen LogP contribution in [-0.2, 0) is 0 Å². The smallest absolute Gasteiger partial charge is 0.151 e. The van der Waals surface area contributed by atoms with Gasteiger partial charge in [0.05, 0.1) is 11.9 Å². The van der Waals surface area contributed by atoms with Crippen molar-refractivity contribution in [1.82, 2.24) is 14.5 Å². The number of pyridine rings is 2. The monoisotopic (exact) mass is 248 g/mol. The highest BCUT2D eigenvalue weighted by Gasteiger charge is 2.05. The highest BCUT2D eigenvalue weighted by atomic mass is 16.1. The second kappa shape index (κ2) is 4.35. The summed E-state index contributed by atoms with van der Waals surface area (Å²) in [5, 5.41) is 9.61. The lowest BCUT2D eigenvalue weighted by Crippen LogP contribution is -1.95. The third-order valence-electron chi connectivity index (χ3n) is 2.82. The standard InChI is InChI=1S/C14H8N4O/c15-6-12-1-2-13(8-16-12)18-4-3-11-5-10(9-19)7-17-14(11)18/h1-5,7-9H. The minimum atomic E-state index is 0.372. The molecular formula is C14H8N4O. The highest BCUT2D eigenvalue weighted by molar-refractivity contribution is 5.85. The number of rotatable bonds is 2. The molecule has 90 valence electrons. The zero-order valence-corrected chi connectivity index (χ0v) is 9.82. The predicted molar refractivity (Wildman–Crippen MR) is 69.0 cm³/mol. The third kappa shape index (κ3) is 1.85. The van der Waals surface area contributed by atoms with Gasteiger partial charge in [-0.15, -0.1) is 0 Å². The van der Waals surface area contributed by atoms with Crippen LogP contribution >= 0.6 is 0 Å². The summed E-state index contributed by atoms with van der Waals surface area (Å²) >= 11 is 0. The lowest BCUT2D eigenvalue weighted by Gasteiger charge is -2.03. The molecule has 0 spiro atoms. The van der Waals surface area contributed by atoms with E-state index in [1.165, 1.54) is 6.20 Å². The Morgan fingerprint density at radius 2 is 2.11 bits per heavy atom. The zero-order valence-electron chi connectivity index (χ0n) is 9.82. The maximum absolute atomic E-state index is 10.7. The Morgan fingerprint density at radius 1 is 1.21 bits per heavy atom. The van der Waals surface area contributed by atoms with E-state index in [4.69, 9.17) is 5.26 Å². The van der Waals surface area contributed by atoms with Gasteiger partial charge in [-0.1, -0.05) is 0 Å². The molecule has 0 aliphatic heterocycles. The molecule has 3 aromatic heterocycles. The molecule has 0 saturated heterocycles. The Morgan fingerprint density at radius 3 is 2.79 bits per heavy atom. The Bertz CT molecular complexity index is 796. The van der Waals surface area contributed by atoms with Crippen LogP contribution in [0.15, 0.2) is 42.9 Å². The molecular weight excluding hydrogens is 240 g/mol. The van der Waals surface area contributed by atoms with Crippen LogP contribution in [0.5, 0.6) is 0 Å². The normalized spacial score (nSPS) is 10.3. The first-order valence-electron chi connectivity index (χ1n) is 5.60. The average molecular weight is 248 g/mol. The van der Waals surface area contributed by atoms with Crippen molar-refractivity contribution in [3.63, 3.8) is 0 Å². The summed E-state index contributed by atoms with van der Waals surface area (Å²) < 4.78 is 1.86. The average Bonchev–Trinajstić information content (AvgIpc) is 2.90. The van der Waals surface area contributed by atoms with Crippen molar-refractivity contribution < 1.29 is 4.79 Å². The fourth-order valence-corrected chi connectivity index (χ4v) is 1.91. The lowest BCUT2D eigenvalue weighted by atomic mass is 10.2. The van der Waals surface area contributed by atoms with E-state index in [1.807, 2.05) is 22.9 Å². The maximum Gasteiger partial charge on any atom is 0.151 e. The van der Waals surface area contributed by atoms with E-state index in [0.717, 1.165) is 23.0 Å². The van der Waals surface area contributed by atoms with Gasteiger partial charge in [0, 0.05) is 23.3 Å². The summed E-state index contributed by atoms with van der Waals surface area (Å²) in [6.07, 6.45) is 5.78. The highest BCUT2D eigenvalue weighted by Crippen LogP contribution is 2.18. The lowest BCUT2D eigenvalue weighted by molar-refractivity contribution is 0.112. The molecule has 19 heavy (non-hydrogen) atoms. The number of carbonyl (C=O) groups is 1. The van der Waals surface area contributed by atoms with Crippen molar-refractivity contribution in [3.8, 4) is 11.8 Å². The minimum absolute atomic E-state index is 0.372. The number of nitriles is 1. The fraction of sp³-hybridized carbons (Fsp3) is 0. The Hall–Kier alpha value is -3.00. The van der Waals surface area contributed by atoms with Crippen molar-refractivity contribution in [3.05, 3.63) is 54.1 Å². The summed E-state index contributed by atoms with van der Waals surface area (Å²) in [5.41, 5.74) is 2.48. The number of fused-ring (bicyclic) bond motifs is 1. The molecule has 0 bridgehead atoms. The number of nitrogens with zero attached hydrogens (tertiary/aromatic N) is 4. The number of carbonyl (C=O) groups excluding carboxylic acids is 1. The van der Waals surface area contributed by atoms with Crippen molar-refractivity contribution in [2.75, 3.05) is 0 Å². The number of hydrogen-bond acceptors (Lipinski definition) is 4. The van der Waals surface area contributed by atoms with Gasteiger partial charge in [0.1, 0.15) is 17.4 Å². The molecule has 3 rings (SSSR count). The first-order valence-corrected chi connectivity index (χ1v) is 5.60. The van der Waals surface area contributed by atoms with Gasteiger partial charge in [0.2, 0.25) is 0 Å². The molecule has 3 aromatic rings. The third-order valence-corrected chi connectivity index (χ3v) is 2.82. The molecule has 0 radical (unpaired) electrons. The van der Waals surface area contributed by atoms with Gasteiger partial charge >= 0.3 is 0 Å². The first-order chi connectivity index (χ1) is 9.31.